The van der Waals surface area contributed by atoms with E-state index in [1.54, 1.807) is 0 Å². The first-order valence-corrected chi connectivity index (χ1v) is 6.01. The van der Waals surface area contributed by atoms with Crippen molar-refractivity contribution in [2.45, 2.75) is 13.5 Å². The van der Waals surface area contributed by atoms with Crippen LogP contribution in [-0.4, -0.2) is 5.71 Å². The lowest BCUT2D eigenvalue weighted by Gasteiger charge is -2.04. The molecule has 0 saturated carbocycles. The fourth-order valence-corrected chi connectivity index (χ4v) is 1.68. The molecule has 0 atom stereocenters. The Hall–Kier alpha value is -1.80. The number of hydrogen-bond acceptors (Lipinski definition) is 2. The van der Waals surface area contributed by atoms with E-state index < -0.39 is 0 Å². The van der Waals surface area contributed by atoms with Crippen LogP contribution in [0.15, 0.2) is 53.7 Å². The number of hydrogen-bond donors (Lipinski definition) is 0. The van der Waals surface area contributed by atoms with E-state index in [1.165, 1.54) is 0 Å². The lowest BCUT2D eigenvalue weighted by atomic mass is 10.1. The van der Waals surface area contributed by atoms with Gasteiger partial charge in [0, 0.05) is 10.6 Å². The van der Waals surface area contributed by atoms with E-state index in [4.69, 9.17) is 16.4 Å². The van der Waals surface area contributed by atoms with E-state index in [0.29, 0.717) is 11.6 Å². The molecule has 3 heteroatoms. The fraction of sp³-hybridized carbons (Fsp3) is 0.133. The van der Waals surface area contributed by atoms with Gasteiger partial charge in [-0.05, 0) is 30.7 Å². The van der Waals surface area contributed by atoms with Gasteiger partial charge in [-0.15, -0.1) is 0 Å². The summed E-state index contributed by atoms with van der Waals surface area (Å²) in [6, 6.07) is 18.2. The summed E-state index contributed by atoms with van der Waals surface area (Å²) < 4.78 is 0. The van der Waals surface area contributed by atoms with Gasteiger partial charge in [-0.1, -0.05) is 53.2 Å². The van der Waals surface area contributed by atoms with Crippen LogP contribution in [0, 0.1) is 6.07 Å². The quantitative estimate of drug-likeness (QED) is 0.598. The van der Waals surface area contributed by atoms with Crippen molar-refractivity contribution >= 4 is 17.3 Å². The molecule has 0 fully saturated rings. The van der Waals surface area contributed by atoms with Crippen LogP contribution in [0.25, 0.3) is 0 Å². The molecule has 0 heterocycles. The van der Waals surface area contributed by atoms with E-state index in [-0.39, 0.29) is 0 Å². The Bertz CT molecular complexity index is 537. The van der Waals surface area contributed by atoms with Crippen molar-refractivity contribution in [2.24, 2.45) is 5.16 Å². The zero-order valence-electron chi connectivity index (χ0n) is 10.1. The van der Waals surface area contributed by atoms with E-state index >= 15 is 0 Å². The molecule has 0 aliphatic carbocycles. The third-order valence-electron chi connectivity index (χ3n) is 2.50. The molecule has 0 saturated heterocycles. The molecule has 2 nitrogen and oxygen atoms in total. The summed E-state index contributed by atoms with van der Waals surface area (Å²) in [4.78, 5) is 5.31. The predicted molar refractivity (Wildman–Crippen MR) is 73.7 cm³/mol. The van der Waals surface area contributed by atoms with Crippen molar-refractivity contribution in [3.05, 3.63) is 70.7 Å². The first kappa shape index (κ1) is 12.7. The average molecular weight is 259 g/mol. The van der Waals surface area contributed by atoms with Crippen molar-refractivity contribution in [1.29, 1.82) is 0 Å². The SMILES string of the molecule is C/C(=N\OCc1ccccc1Cl)c1c[c]ccc1. The summed E-state index contributed by atoms with van der Waals surface area (Å²) in [5.41, 5.74) is 2.74. The maximum absolute atomic E-state index is 6.02. The summed E-state index contributed by atoms with van der Waals surface area (Å²) in [5.74, 6) is 0. The highest BCUT2D eigenvalue weighted by Gasteiger charge is 2.00. The third kappa shape index (κ3) is 3.34. The Morgan fingerprint density at radius 1 is 1.28 bits per heavy atom. The second-order valence-corrected chi connectivity index (χ2v) is 4.24. The van der Waals surface area contributed by atoms with Crippen LogP contribution in [0.4, 0.5) is 0 Å². The summed E-state index contributed by atoms with van der Waals surface area (Å²) in [7, 11) is 0. The maximum atomic E-state index is 6.02. The smallest absolute Gasteiger partial charge is 0.143 e. The third-order valence-corrected chi connectivity index (χ3v) is 2.87. The highest BCUT2D eigenvalue weighted by molar-refractivity contribution is 6.31. The summed E-state index contributed by atoms with van der Waals surface area (Å²) >= 11 is 6.02. The summed E-state index contributed by atoms with van der Waals surface area (Å²) in [5, 5.41) is 4.76. The minimum absolute atomic E-state index is 0.369. The Balaban J connectivity index is 1.98. The van der Waals surface area contributed by atoms with Gasteiger partial charge in [-0.2, -0.15) is 0 Å². The van der Waals surface area contributed by atoms with Gasteiger partial charge < -0.3 is 4.84 Å². The number of halogens is 1. The molecule has 0 unspecified atom stereocenters. The normalized spacial score (nSPS) is 11.3. The Kier molecular flexibility index (Phi) is 4.37. The molecule has 91 valence electrons. The Morgan fingerprint density at radius 2 is 2.11 bits per heavy atom. The first-order chi connectivity index (χ1) is 8.77. The zero-order chi connectivity index (χ0) is 12.8. The van der Waals surface area contributed by atoms with E-state index in [2.05, 4.69) is 11.2 Å². The molecule has 1 radical (unpaired) electrons. The number of rotatable bonds is 4. The maximum Gasteiger partial charge on any atom is 0.143 e. The standard InChI is InChI=1S/C15H13ClNO/c1-12(13-7-3-2-4-8-13)17-18-11-14-9-5-6-10-15(14)16/h2-3,5-10H,11H2,1H3/b17-12+. The number of benzene rings is 2. The highest BCUT2D eigenvalue weighted by Crippen LogP contribution is 2.15. The summed E-state index contributed by atoms with van der Waals surface area (Å²) in [6.07, 6.45) is 0. The average Bonchev–Trinajstić information content (AvgIpc) is 2.42. The topological polar surface area (TPSA) is 21.6 Å². The highest BCUT2D eigenvalue weighted by atomic mass is 35.5. The lowest BCUT2D eigenvalue weighted by molar-refractivity contribution is 0.130. The minimum atomic E-state index is 0.369. The largest absolute Gasteiger partial charge is 0.391 e. The fourth-order valence-electron chi connectivity index (χ4n) is 1.49. The van der Waals surface area contributed by atoms with Crippen LogP contribution in [0.3, 0.4) is 0 Å². The molecule has 2 aromatic rings. The molecule has 2 rings (SSSR count). The van der Waals surface area contributed by atoms with E-state index in [9.17, 15) is 0 Å². The number of nitrogens with zero attached hydrogens (tertiary/aromatic N) is 1. The van der Waals surface area contributed by atoms with Gasteiger partial charge in [-0.3, -0.25) is 0 Å². The van der Waals surface area contributed by atoms with Crippen LogP contribution in [0.2, 0.25) is 5.02 Å². The molecular weight excluding hydrogens is 246 g/mol. The minimum Gasteiger partial charge on any atom is -0.391 e. The van der Waals surface area contributed by atoms with Crippen LogP contribution in [-0.2, 0) is 11.4 Å². The van der Waals surface area contributed by atoms with Crippen molar-refractivity contribution in [3.63, 3.8) is 0 Å². The second-order valence-electron chi connectivity index (χ2n) is 3.83. The van der Waals surface area contributed by atoms with Crippen molar-refractivity contribution in [2.75, 3.05) is 0 Å². The van der Waals surface area contributed by atoms with E-state index in [1.807, 2.05) is 55.5 Å². The van der Waals surface area contributed by atoms with Gasteiger partial charge in [-0.25, -0.2) is 0 Å². The van der Waals surface area contributed by atoms with Crippen LogP contribution in [0.1, 0.15) is 18.1 Å². The zero-order valence-corrected chi connectivity index (χ0v) is 10.8. The summed E-state index contributed by atoms with van der Waals surface area (Å²) in [6.45, 7) is 2.27. The predicted octanol–water partition coefficient (Wildman–Crippen LogP) is 4.08. The molecule has 0 aliphatic heterocycles. The molecular formula is C15H13ClNO. The molecule has 2 aromatic carbocycles. The Morgan fingerprint density at radius 3 is 2.83 bits per heavy atom. The first-order valence-electron chi connectivity index (χ1n) is 5.64. The second kappa shape index (κ2) is 6.22. The molecule has 0 bridgehead atoms. The molecule has 0 amide bonds. The van der Waals surface area contributed by atoms with Gasteiger partial charge in [0.25, 0.3) is 0 Å². The van der Waals surface area contributed by atoms with Crippen LogP contribution < -0.4 is 0 Å². The number of oxime groups is 1. The van der Waals surface area contributed by atoms with Gasteiger partial charge in [0.1, 0.15) is 6.61 Å². The lowest BCUT2D eigenvalue weighted by Crippen LogP contribution is -1.96. The van der Waals surface area contributed by atoms with Gasteiger partial charge in [0.2, 0.25) is 0 Å². The molecule has 18 heavy (non-hydrogen) atoms. The Labute approximate surface area is 112 Å². The van der Waals surface area contributed by atoms with Crippen LogP contribution >= 0.6 is 11.6 Å². The van der Waals surface area contributed by atoms with E-state index in [0.717, 1.165) is 16.8 Å². The molecule has 0 aromatic heterocycles. The molecule has 0 aliphatic rings. The monoisotopic (exact) mass is 258 g/mol. The van der Waals surface area contributed by atoms with Gasteiger partial charge >= 0.3 is 0 Å². The van der Waals surface area contributed by atoms with Gasteiger partial charge in [0.15, 0.2) is 0 Å². The molecule has 0 spiro atoms. The van der Waals surface area contributed by atoms with Crippen LogP contribution in [0.5, 0.6) is 0 Å². The molecule has 0 N–H and O–H groups in total. The van der Waals surface area contributed by atoms with Crippen molar-refractivity contribution < 1.29 is 4.84 Å². The van der Waals surface area contributed by atoms with Crippen molar-refractivity contribution in [3.8, 4) is 0 Å². The van der Waals surface area contributed by atoms with Crippen molar-refractivity contribution in [1.82, 2.24) is 0 Å². The van der Waals surface area contributed by atoms with Gasteiger partial charge in [0.05, 0.1) is 5.71 Å².